The van der Waals surface area contributed by atoms with Gasteiger partial charge in [-0.1, -0.05) is 53.3 Å². The van der Waals surface area contributed by atoms with Crippen LogP contribution in [0.1, 0.15) is 28.7 Å². The predicted octanol–water partition coefficient (Wildman–Crippen LogP) is 10.8. The zero-order chi connectivity index (χ0) is 33.1. The van der Waals surface area contributed by atoms with Gasteiger partial charge in [0.15, 0.2) is 5.75 Å². The van der Waals surface area contributed by atoms with E-state index in [-0.39, 0.29) is 22.3 Å². The molecule has 0 bridgehead atoms. The van der Waals surface area contributed by atoms with Crippen molar-refractivity contribution in [2.75, 3.05) is 0 Å². The lowest BCUT2D eigenvalue weighted by Crippen LogP contribution is -2.25. The zero-order valence-electron chi connectivity index (χ0n) is 22.4. The summed E-state index contributed by atoms with van der Waals surface area (Å²) in [7, 11) is 0. The van der Waals surface area contributed by atoms with Crippen molar-refractivity contribution in [3.63, 3.8) is 0 Å². The summed E-state index contributed by atoms with van der Waals surface area (Å²) in [5.41, 5.74) is -2.15. The van der Waals surface area contributed by atoms with Crippen LogP contribution in [-0.4, -0.2) is 6.36 Å². The third-order valence-corrected chi connectivity index (χ3v) is 6.62. The minimum atomic E-state index is -5.07. The summed E-state index contributed by atoms with van der Waals surface area (Å²) in [4.78, 5) is 0. The highest BCUT2D eigenvalue weighted by atomic mass is 35.5. The molecule has 0 N–H and O–H groups in total. The van der Waals surface area contributed by atoms with Gasteiger partial charge in [-0.3, -0.25) is 0 Å². The normalized spacial score (nSPS) is 11.5. The van der Waals surface area contributed by atoms with Crippen molar-refractivity contribution in [1.29, 1.82) is 0 Å². The van der Waals surface area contributed by atoms with Crippen LogP contribution in [0.2, 0.25) is 10.0 Å². The van der Waals surface area contributed by atoms with E-state index in [4.69, 9.17) is 23.2 Å². The topological polar surface area (TPSA) is 18.5 Å². The maximum Gasteiger partial charge on any atom is 0.573 e. The zero-order valence-corrected chi connectivity index (χ0v) is 24.0. The van der Waals surface area contributed by atoms with Gasteiger partial charge in [0.05, 0.1) is 15.6 Å². The number of halogens is 11. The van der Waals surface area contributed by atoms with Crippen molar-refractivity contribution in [2.45, 2.75) is 25.3 Å². The number of allylic oxidation sites excluding steroid dienone is 1. The SMILES string of the molecule is C=CCCc1ccc(-c2cc(F)c(C(F)(F)Oc3ccc(C#Cc4cc(Cl)c(OC(F)(F)F)c(Cl)c4)c(F)c3)c(F)c2)c(F)c1. The van der Waals surface area contributed by atoms with Crippen LogP contribution in [0.3, 0.4) is 0 Å². The van der Waals surface area contributed by atoms with E-state index in [0.29, 0.717) is 36.6 Å². The molecular formula is C32H17Cl2F9O2. The lowest BCUT2D eigenvalue weighted by molar-refractivity contribution is -0.274. The highest BCUT2D eigenvalue weighted by Gasteiger charge is 2.41. The van der Waals surface area contributed by atoms with Gasteiger partial charge in [0, 0.05) is 17.2 Å². The first-order valence-corrected chi connectivity index (χ1v) is 13.4. The number of benzene rings is 4. The molecule has 0 radical (unpaired) electrons. The molecule has 2 nitrogen and oxygen atoms in total. The van der Waals surface area contributed by atoms with Gasteiger partial charge >= 0.3 is 12.5 Å². The second-order valence-electron chi connectivity index (χ2n) is 9.28. The average molecular weight is 675 g/mol. The standard InChI is InChI=1S/C32H17Cl2F9O2/c1-2-3-4-17-6-10-22(26(36)13-17)20-14-27(37)29(28(38)15-20)31(39,40)44-21-9-8-19(25(35)16-21)7-5-18-11-23(33)30(24(34)12-18)45-32(41,42)43/h2,6,8-16H,1,3-4H2. The molecule has 0 aromatic heterocycles. The Kier molecular flexibility index (Phi) is 10.00. The summed E-state index contributed by atoms with van der Waals surface area (Å²) in [6, 6.07) is 9.18. The summed E-state index contributed by atoms with van der Waals surface area (Å²) >= 11 is 11.5. The average Bonchev–Trinajstić information content (AvgIpc) is 2.92. The third-order valence-electron chi connectivity index (χ3n) is 6.06. The molecule has 234 valence electrons. The van der Waals surface area contributed by atoms with E-state index in [1.165, 1.54) is 12.1 Å². The number of hydrogen-bond donors (Lipinski definition) is 0. The van der Waals surface area contributed by atoms with Gasteiger partial charge in [0.1, 0.15) is 34.6 Å². The fourth-order valence-electron chi connectivity index (χ4n) is 4.07. The molecule has 0 atom stereocenters. The van der Waals surface area contributed by atoms with E-state index in [9.17, 15) is 39.5 Å². The van der Waals surface area contributed by atoms with Gasteiger partial charge in [-0.15, -0.1) is 19.8 Å². The maximum atomic E-state index is 14.9. The Hall–Kier alpha value is -4.27. The molecule has 4 aromatic carbocycles. The van der Waals surface area contributed by atoms with E-state index < -0.39 is 62.8 Å². The van der Waals surface area contributed by atoms with Crippen molar-refractivity contribution in [2.24, 2.45) is 0 Å². The van der Waals surface area contributed by atoms with E-state index in [1.54, 1.807) is 6.08 Å². The Labute approximate surface area is 260 Å². The summed E-state index contributed by atoms with van der Waals surface area (Å²) in [6.07, 6.45) is -7.02. The fourth-order valence-corrected chi connectivity index (χ4v) is 4.63. The van der Waals surface area contributed by atoms with Crippen LogP contribution in [-0.2, 0) is 12.5 Å². The number of rotatable bonds is 8. The molecule has 13 heteroatoms. The van der Waals surface area contributed by atoms with Crippen LogP contribution in [0.25, 0.3) is 11.1 Å². The molecule has 0 heterocycles. The summed E-state index contributed by atoms with van der Waals surface area (Å²) in [5.74, 6) is -2.45. The van der Waals surface area contributed by atoms with Crippen molar-refractivity contribution in [1.82, 2.24) is 0 Å². The predicted molar refractivity (Wildman–Crippen MR) is 150 cm³/mol. The molecule has 0 fully saturated rings. The second-order valence-corrected chi connectivity index (χ2v) is 10.1. The van der Waals surface area contributed by atoms with Crippen LogP contribution in [0, 0.1) is 35.1 Å². The van der Waals surface area contributed by atoms with Gasteiger partial charge in [-0.25, -0.2) is 17.6 Å². The van der Waals surface area contributed by atoms with Gasteiger partial charge < -0.3 is 9.47 Å². The Morgan fingerprint density at radius 1 is 0.733 bits per heavy atom. The van der Waals surface area contributed by atoms with Crippen molar-refractivity contribution >= 4 is 23.2 Å². The van der Waals surface area contributed by atoms with E-state index in [2.05, 4.69) is 27.9 Å². The van der Waals surface area contributed by atoms with Crippen LogP contribution in [0.5, 0.6) is 11.5 Å². The highest BCUT2D eigenvalue weighted by Crippen LogP contribution is 2.39. The highest BCUT2D eigenvalue weighted by molar-refractivity contribution is 6.37. The molecule has 0 aliphatic rings. The number of ether oxygens (including phenoxy) is 2. The lowest BCUT2D eigenvalue weighted by atomic mass is 9.99. The van der Waals surface area contributed by atoms with E-state index >= 15 is 0 Å². The Morgan fingerprint density at radius 2 is 1.38 bits per heavy atom. The molecule has 0 saturated heterocycles. The summed E-state index contributed by atoms with van der Waals surface area (Å²) in [6.45, 7) is 3.57. The number of hydrogen-bond acceptors (Lipinski definition) is 2. The first-order chi connectivity index (χ1) is 21.1. The van der Waals surface area contributed by atoms with Crippen LogP contribution >= 0.6 is 23.2 Å². The minimum Gasteiger partial charge on any atom is -0.429 e. The van der Waals surface area contributed by atoms with E-state index in [1.807, 2.05) is 0 Å². The van der Waals surface area contributed by atoms with Gasteiger partial charge in [0.25, 0.3) is 0 Å². The van der Waals surface area contributed by atoms with Gasteiger partial charge in [0.2, 0.25) is 0 Å². The molecule has 0 amide bonds. The quantitative estimate of drug-likeness (QED) is 0.105. The molecule has 0 aliphatic heterocycles. The maximum absolute atomic E-state index is 14.9. The van der Waals surface area contributed by atoms with E-state index in [0.717, 1.165) is 30.3 Å². The minimum absolute atomic E-state index is 0.0382. The van der Waals surface area contributed by atoms with Crippen LogP contribution < -0.4 is 9.47 Å². The first kappa shape index (κ1) is 33.6. The molecule has 4 rings (SSSR count). The Bertz CT molecular complexity index is 1780. The number of alkyl halides is 5. The Balaban J connectivity index is 1.54. The smallest absolute Gasteiger partial charge is 0.429 e. The van der Waals surface area contributed by atoms with Crippen LogP contribution in [0.15, 0.2) is 73.3 Å². The van der Waals surface area contributed by atoms with Gasteiger partial charge in [-0.2, -0.15) is 8.78 Å². The van der Waals surface area contributed by atoms with Crippen molar-refractivity contribution < 1.29 is 49.0 Å². The second kappa shape index (κ2) is 13.4. The van der Waals surface area contributed by atoms with Gasteiger partial charge in [-0.05, 0) is 66.4 Å². The lowest BCUT2D eigenvalue weighted by Gasteiger charge is -2.20. The molecule has 0 aliphatic carbocycles. The van der Waals surface area contributed by atoms with Crippen molar-refractivity contribution in [3.8, 4) is 34.5 Å². The molecular weight excluding hydrogens is 658 g/mol. The summed E-state index contributed by atoms with van der Waals surface area (Å²) in [5, 5.41) is -1.07. The summed E-state index contributed by atoms with van der Waals surface area (Å²) < 4.78 is 134. The van der Waals surface area contributed by atoms with Crippen LogP contribution in [0.4, 0.5) is 39.5 Å². The van der Waals surface area contributed by atoms with Crippen molar-refractivity contribution in [3.05, 3.63) is 129 Å². The molecule has 0 unspecified atom stereocenters. The monoisotopic (exact) mass is 674 g/mol. The molecule has 0 saturated carbocycles. The fraction of sp³-hybridized carbons (Fsp3) is 0.125. The molecule has 0 spiro atoms. The molecule has 45 heavy (non-hydrogen) atoms. The largest absolute Gasteiger partial charge is 0.573 e. The Morgan fingerprint density at radius 3 is 1.93 bits per heavy atom. The molecule has 4 aromatic rings. The first-order valence-electron chi connectivity index (χ1n) is 12.6. The third kappa shape index (κ3) is 8.26. The number of aryl methyl sites for hydroxylation is 1.